The lowest BCUT2D eigenvalue weighted by molar-refractivity contribution is -0.123. The Balaban J connectivity index is 1.72. The van der Waals surface area contributed by atoms with E-state index >= 15 is 0 Å². The van der Waals surface area contributed by atoms with E-state index in [0.29, 0.717) is 23.2 Å². The van der Waals surface area contributed by atoms with E-state index in [1.807, 2.05) is 0 Å². The second-order valence-corrected chi connectivity index (χ2v) is 6.29. The molecule has 1 amide bonds. The second kappa shape index (κ2) is 7.29. The molecule has 0 aromatic heterocycles. The van der Waals surface area contributed by atoms with E-state index in [4.69, 9.17) is 16.3 Å². The van der Waals surface area contributed by atoms with Gasteiger partial charge in [0.2, 0.25) is 0 Å². The van der Waals surface area contributed by atoms with Gasteiger partial charge < -0.3 is 15.2 Å². The van der Waals surface area contributed by atoms with Crippen LogP contribution < -0.4 is 10.1 Å². The standard InChI is InChI=1S/C14H17BrClNO3/c15-12-6-10(16)2-4-13(12)20-8-14(19)17-7-9-1-3-11(18)5-9/h2,4,6,9,11,18H,1,3,5,7-8H2,(H,17,19). The third kappa shape index (κ3) is 4.65. The Morgan fingerprint density at radius 2 is 2.30 bits per heavy atom. The van der Waals surface area contributed by atoms with Crippen molar-refractivity contribution in [3.05, 3.63) is 27.7 Å². The summed E-state index contributed by atoms with van der Waals surface area (Å²) in [6.45, 7) is 0.566. The zero-order chi connectivity index (χ0) is 14.5. The highest BCUT2D eigenvalue weighted by Crippen LogP contribution is 2.28. The highest BCUT2D eigenvalue weighted by molar-refractivity contribution is 9.10. The van der Waals surface area contributed by atoms with Crippen LogP contribution in [-0.4, -0.2) is 30.3 Å². The molecule has 2 N–H and O–H groups in total. The number of hydrogen-bond acceptors (Lipinski definition) is 3. The predicted molar refractivity (Wildman–Crippen MR) is 81.0 cm³/mol. The molecule has 1 fully saturated rings. The molecule has 0 heterocycles. The largest absolute Gasteiger partial charge is 0.483 e. The van der Waals surface area contributed by atoms with Gasteiger partial charge in [0.25, 0.3) is 5.91 Å². The minimum Gasteiger partial charge on any atom is -0.483 e. The van der Waals surface area contributed by atoms with Crippen molar-refractivity contribution >= 4 is 33.4 Å². The van der Waals surface area contributed by atoms with E-state index in [1.165, 1.54) is 0 Å². The molecule has 20 heavy (non-hydrogen) atoms. The summed E-state index contributed by atoms with van der Waals surface area (Å²) in [6.07, 6.45) is 2.35. The number of aliphatic hydroxyl groups excluding tert-OH is 1. The molecule has 1 aliphatic carbocycles. The first-order valence-corrected chi connectivity index (χ1v) is 7.74. The van der Waals surface area contributed by atoms with Crippen LogP contribution in [0.5, 0.6) is 5.75 Å². The highest BCUT2D eigenvalue weighted by atomic mass is 79.9. The summed E-state index contributed by atoms with van der Waals surface area (Å²) >= 11 is 9.16. The van der Waals surface area contributed by atoms with Gasteiger partial charge in [0.05, 0.1) is 10.6 Å². The quantitative estimate of drug-likeness (QED) is 0.847. The van der Waals surface area contributed by atoms with E-state index in [-0.39, 0.29) is 18.6 Å². The lowest BCUT2D eigenvalue weighted by Crippen LogP contribution is -2.32. The molecule has 2 unspecified atom stereocenters. The van der Waals surface area contributed by atoms with Crippen LogP contribution >= 0.6 is 27.5 Å². The van der Waals surface area contributed by atoms with Crippen molar-refractivity contribution in [2.24, 2.45) is 5.92 Å². The molecular formula is C14H17BrClNO3. The van der Waals surface area contributed by atoms with Gasteiger partial charge in [-0.25, -0.2) is 0 Å². The summed E-state index contributed by atoms with van der Waals surface area (Å²) in [6, 6.07) is 5.14. The van der Waals surface area contributed by atoms with Crippen LogP contribution in [-0.2, 0) is 4.79 Å². The van der Waals surface area contributed by atoms with Crippen LogP contribution in [0.4, 0.5) is 0 Å². The molecule has 4 nitrogen and oxygen atoms in total. The predicted octanol–water partition coefficient (Wildman–Crippen LogP) is 2.76. The number of amides is 1. The zero-order valence-corrected chi connectivity index (χ0v) is 13.3. The average Bonchev–Trinajstić information content (AvgIpc) is 2.81. The van der Waals surface area contributed by atoms with Crippen molar-refractivity contribution < 1.29 is 14.6 Å². The SMILES string of the molecule is O=C(COc1ccc(Cl)cc1Br)NCC1CCC(O)C1. The Morgan fingerprint density at radius 1 is 1.50 bits per heavy atom. The van der Waals surface area contributed by atoms with Crippen molar-refractivity contribution in [3.8, 4) is 5.75 Å². The van der Waals surface area contributed by atoms with Gasteiger partial charge in [0.15, 0.2) is 6.61 Å². The molecule has 0 bridgehead atoms. The number of halogens is 2. The van der Waals surface area contributed by atoms with E-state index < -0.39 is 0 Å². The van der Waals surface area contributed by atoms with Crippen molar-refractivity contribution in [2.75, 3.05) is 13.2 Å². The molecule has 1 saturated carbocycles. The summed E-state index contributed by atoms with van der Waals surface area (Å²) < 4.78 is 6.14. The normalized spacial score (nSPS) is 21.8. The van der Waals surface area contributed by atoms with Crippen LogP contribution in [0.15, 0.2) is 22.7 Å². The monoisotopic (exact) mass is 361 g/mol. The van der Waals surface area contributed by atoms with Crippen molar-refractivity contribution in [1.29, 1.82) is 0 Å². The molecule has 0 spiro atoms. The molecule has 110 valence electrons. The molecule has 2 rings (SSSR count). The van der Waals surface area contributed by atoms with Gasteiger partial charge in [0, 0.05) is 11.6 Å². The fourth-order valence-corrected chi connectivity index (χ4v) is 3.08. The Hall–Kier alpha value is -0.780. The number of hydrogen-bond donors (Lipinski definition) is 2. The highest BCUT2D eigenvalue weighted by Gasteiger charge is 2.22. The fourth-order valence-electron chi connectivity index (χ4n) is 2.28. The topological polar surface area (TPSA) is 58.6 Å². The number of carbonyl (C=O) groups excluding carboxylic acids is 1. The maximum absolute atomic E-state index is 11.7. The van der Waals surface area contributed by atoms with Gasteiger partial charge in [0.1, 0.15) is 5.75 Å². The summed E-state index contributed by atoms with van der Waals surface area (Å²) in [5.74, 6) is 0.797. The minimum absolute atomic E-state index is 0.0322. The number of carbonyl (C=O) groups is 1. The zero-order valence-electron chi connectivity index (χ0n) is 10.9. The molecule has 6 heteroatoms. The Morgan fingerprint density at radius 3 is 2.95 bits per heavy atom. The van der Waals surface area contributed by atoms with Crippen molar-refractivity contribution in [2.45, 2.75) is 25.4 Å². The van der Waals surface area contributed by atoms with Crippen LogP contribution in [0.25, 0.3) is 0 Å². The molecule has 0 aliphatic heterocycles. The first kappa shape index (κ1) is 15.6. The van der Waals surface area contributed by atoms with Gasteiger partial charge in [-0.15, -0.1) is 0 Å². The van der Waals surface area contributed by atoms with Crippen LogP contribution in [0.3, 0.4) is 0 Å². The van der Waals surface area contributed by atoms with Gasteiger partial charge >= 0.3 is 0 Å². The van der Waals surface area contributed by atoms with E-state index in [0.717, 1.165) is 23.7 Å². The number of aliphatic hydroxyl groups is 1. The molecule has 2 atom stereocenters. The average molecular weight is 363 g/mol. The molecule has 1 aromatic carbocycles. The third-order valence-corrected chi connectivity index (χ3v) is 4.21. The van der Waals surface area contributed by atoms with Crippen LogP contribution in [0.2, 0.25) is 5.02 Å². The lowest BCUT2D eigenvalue weighted by atomic mass is 10.1. The lowest BCUT2D eigenvalue weighted by Gasteiger charge is -2.12. The number of ether oxygens (including phenoxy) is 1. The Bertz CT molecular complexity index is 483. The summed E-state index contributed by atoms with van der Waals surface area (Å²) in [4.78, 5) is 11.7. The number of rotatable bonds is 5. The summed E-state index contributed by atoms with van der Waals surface area (Å²) in [7, 11) is 0. The Kier molecular flexibility index (Phi) is 5.69. The molecule has 1 aliphatic rings. The fraction of sp³-hybridized carbons (Fsp3) is 0.500. The van der Waals surface area contributed by atoms with Gasteiger partial charge in [-0.3, -0.25) is 4.79 Å². The van der Waals surface area contributed by atoms with Crippen molar-refractivity contribution in [3.63, 3.8) is 0 Å². The van der Waals surface area contributed by atoms with Crippen molar-refractivity contribution in [1.82, 2.24) is 5.32 Å². The van der Waals surface area contributed by atoms with Gasteiger partial charge in [-0.05, 0) is 59.3 Å². The first-order valence-electron chi connectivity index (χ1n) is 6.57. The third-order valence-electron chi connectivity index (χ3n) is 3.35. The molecule has 1 aromatic rings. The van der Waals surface area contributed by atoms with Crippen LogP contribution in [0.1, 0.15) is 19.3 Å². The van der Waals surface area contributed by atoms with Gasteiger partial charge in [-0.1, -0.05) is 11.6 Å². The summed E-state index contributed by atoms with van der Waals surface area (Å²) in [5, 5.41) is 12.9. The summed E-state index contributed by atoms with van der Waals surface area (Å²) in [5.41, 5.74) is 0. The van der Waals surface area contributed by atoms with E-state index in [2.05, 4.69) is 21.2 Å². The maximum Gasteiger partial charge on any atom is 0.257 e. The molecular weight excluding hydrogens is 346 g/mol. The van der Waals surface area contributed by atoms with E-state index in [1.54, 1.807) is 18.2 Å². The molecule has 0 radical (unpaired) electrons. The maximum atomic E-state index is 11.7. The minimum atomic E-state index is -0.210. The second-order valence-electron chi connectivity index (χ2n) is 5.00. The van der Waals surface area contributed by atoms with E-state index in [9.17, 15) is 9.90 Å². The molecule has 0 saturated heterocycles. The Labute approximate surface area is 131 Å². The first-order chi connectivity index (χ1) is 9.54. The van der Waals surface area contributed by atoms with Gasteiger partial charge in [-0.2, -0.15) is 0 Å². The number of nitrogens with one attached hydrogen (secondary N) is 1. The number of benzene rings is 1. The smallest absolute Gasteiger partial charge is 0.257 e. The van der Waals surface area contributed by atoms with Crippen LogP contribution in [0, 0.1) is 5.92 Å².